The van der Waals surface area contributed by atoms with Crippen LogP contribution in [0, 0.1) is 5.82 Å². The molecule has 8 heteroatoms. The molecule has 2 N–H and O–H groups in total. The molecule has 0 aliphatic rings. The molecule has 0 aliphatic carbocycles. The van der Waals surface area contributed by atoms with E-state index in [-0.39, 0.29) is 23.7 Å². The van der Waals surface area contributed by atoms with Crippen molar-refractivity contribution in [2.75, 3.05) is 12.8 Å². The predicted octanol–water partition coefficient (Wildman–Crippen LogP) is 2.16. The summed E-state index contributed by atoms with van der Waals surface area (Å²) in [6, 6.07) is 3.93. The molecule has 2 rings (SSSR count). The Balaban J connectivity index is 2.33. The largest absolute Gasteiger partial charge is 0.467 e. The molecule has 1 heterocycles. The van der Waals surface area contributed by atoms with Crippen molar-refractivity contribution in [3.63, 3.8) is 0 Å². The van der Waals surface area contributed by atoms with Crippen molar-refractivity contribution in [1.29, 1.82) is 0 Å². The summed E-state index contributed by atoms with van der Waals surface area (Å²) >= 11 is 3.22. The fourth-order valence-corrected chi connectivity index (χ4v) is 1.47. The number of nitrogens with two attached hydrogens (primary N) is 1. The van der Waals surface area contributed by atoms with Gasteiger partial charge in [-0.05, 0) is 28.1 Å². The van der Waals surface area contributed by atoms with Gasteiger partial charge in [-0.25, -0.2) is 4.39 Å². The van der Waals surface area contributed by atoms with Crippen LogP contribution in [0.5, 0.6) is 17.8 Å². The van der Waals surface area contributed by atoms with Gasteiger partial charge in [0.1, 0.15) is 11.6 Å². The zero-order valence-electron chi connectivity index (χ0n) is 9.22. The van der Waals surface area contributed by atoms with Gasteiger partial charge in [-0.2, -0.15) is 9.97 Å². The first-order chi connectivity index (χ1) is 8.58. The van der Waals surface area contributed by atoms with Gasteiger partial charge in [0, 0.05) is 6.07 Å². The number of aromatic nitrogens is 3. The van der Waals surface area contributed by atoms with Gasteiger partial charge in [-0.3, -0.25) is 0 Å². The lowest BCUT2D eigenvalue weighted by Crippen LogP contribution is -2.03. The Morgan fingerprint density at radius 1 is 1.22 bits per heavy atom. The van der Waals surface area contributed by atoms with Gasteiger partial charge in [0.15, 0.2) is 0 Å². The Hall–Kier alpha value is -1.96. The molecule has 0 fully saturated rings. The van der Waals surface area contributed by atoms with Gasteiger partial charge in [0.05, 0.1) is 11.6 Å². The van der Waals surface area contributed by atoms with E-state index in [1.54, 1.807) is 0 Å². The van der Waals surface area contributed by atoms with Crippen LogP contribution >= 0.6 is 15.9 Å². The van der Waals surface area contributed by atoms with Crippen molar-refractivity contribution in [3.8, 4) is 17.8 Å². The Morgan fingerprint density at radius 2 is 1.94 bits per heavy atom. The lowest BCUT2D eigenvalue weighted by molar-refractivity contribution is 0.359. The number of nitrogen functional groups attached to an aromatic ring is 1. The van der Waals surface area contributed by atoms with Crippen molar-refractivity contribution in [3.05, 3.63) is 28.5 Å². The van der Waals surface area contributed by atoms with Gasteiger partial charge >= 0.3 is 12.0 Å². The average molecular weight is 315 g/mol. The highest BCUT2D eigenvalue weighted by molar-refractivity contribution is 9.10. The van der Waals surface area contributed by atoms with Gasteiger partial charge in [-0.15, -0.1) is 4.98 Å². The summed E-state index contributed by atoms with van der Waals surface area (Å²) in [5.41, 5.74) is 5.45. The molecule has 0 amide bonds. The van der Waals surface area contributed by atoms with Gasteiger partial charge in [-0.1, -0.05) is 0 Å². The molecule has 94 valence electrons. The van der Waals surface area contributed by atoms with Crippen LogP contribution in [0.25, 0.3) is 0 Å². The van der Waals surface area contributed by atoms with E-state index in [0.29, 0.717) is 4.47 Å². The second-order valence-corrected chi connectivity index (χ2v) is 3.99. The highest BCUT2D eigenvalue weighted by Gasteiger charge is 2.10. The number of ether oxygens (including phenoxy) is 2. The first-order valence-electron chi connectivity index (χ1n) is 4.77. The second-order valence-electron chi connectivity index (χ2n) is 3.14. The first-order valence-corrected chi connectivity index (χ1v) is 5.56. The maximum absolute atomic E-state index is 13.1. The van der Waals surface area contributed by atoms with Crippen molar-refractivity contribution in [2.45, 2.75) is 0 Å². The molecule has 2 aromatic rings. The second kappa shape index (κ2) is 5.13. The molecular weight excluding hydrogens is 307 g/mol. The van der Waals surface area contributed by atoms with E-state index in [1.165, 1.54) is 25.3 Å². The SMILES string of the molecule is COc1nc(N)nc(Oc2cc(F)ccc2Br)n1. The Bertz CT molecular complexity index is 582. The smallest absolute Gasteiger partial charge is 0.330 e. The Kier molecular flexibility index (Phi) is 3.56. The zero-order chi connectivity index (χ0) is 13.1. The van der Waals surface area contributed by atoms with E-state index in [4.69, 9.17) is 15.2 Å². The highest BCUT2D eigenvalue weighted by Crippen LogP contribution is 2.29. The number of rotatable bonds is 3. The maximum atomic E-state index is 13.1. The number of nitrogens with zero attached hydrogens (tertiary/aromatic N) is 3. The van der Waals surface area contributed by atoms with Gasteiger partial charge in [0.2, 0.25) is 5.95 Å². The van der Waals surface area contributed by atoms with E-state index in [0.717, 1.165) is 0 Å². The maximum Gasteiger partial charge on any atom is 0.330 e. The Morgan fingerprint density at radius 3 is 2.67 bits per heavy atom. The number of hydrogen-bond donors (Lipinski definition) is 1. The van der Waals surface area contributed by atoms with Crippen molar-refractivity contribution >= 4 is 21.9 Å². The van der Waals surface area contributed by atoms with E-state index in [1.807, 2.05) is 0 Å². The minimum Gasteiger partial charge on any atom is -0.467 e. The molecule has 0 atom stereocenters. The molecule has 0 saturated carbocycles. The van der Waals surface area contributed by atoms with Crippen LogP contribution in [0.4, 0.5) is 10.3 Å². The van der Waals surface area contributed by atoms with Crippen LogP contribution in [0.1, 0.15) is 0 Å². The molecule has 0 spiro atoms. The summed E-state index contributed by atoms with van der Waals surface area (Å²) in [5, 5.41) is 0. The number of halogens is 2. The summed E-state index contributed by atoms with van der Waals surface area (Å²) < 4.78 is 23.8. The normalized spacial score (nSPS) is 10.2. The van der Waals surface area contributed by atoms with Gasteiger partial charge < -0.3 is 15.2 Å². The highest BCUT2D eigenvalue weighted by atomic mass is 79.9. The number of methoxy groups -OCH3 is 1. The monoisotopic (exact) mass is 314 g/mol. The molecule has 0 radical (unpaired) electrons. The standard InChI is InChI=1S/C10H8BrFN4O2/c1-17-9-14-8(13)15-10(16-9)18-7-4-5(12)2-3-6(7)11/h2-4H,1H3,(H2,13,14,15,16). The van der Waals surface area contributed by atoms with E-state index >= 15 is 0 Å². The third-order valence-corrected chi connectivity index (χ3v) is 2.54. The fourth-order valence-electron chi connectivity index (χ4n) is 1.14. The minimum absolute atomic E-state index is 0.0185. The molecule has 0 aliphatic heterocycles. The molecule has 0 bridgehead atoms. The quantitative estimate of drug-likeness (QED) is 0.934. The average Bonchev–Trinajstić information content (AvgIpc) is 2.33. The van der Waals surface area contributed by atoms with Crippen LogP contribution < -0.4 is 15.2 Å². The van der Waals surface area contributed by atoms with Crippen molar-refractivity contribution < 1.29 is 13.9 Å². The van der Waals surface area contributed by atoms with Gasteiger partial charge in [0.25, 0.3) is 0 Å². The summed E-state index contributed by atoms with van der Waals surface area (Å²) in [5.74, 6) is -0.269. The van der Waals surface area contributed by atoms with Crippen LogP contribution in [-0.4, -0.2) is 22.1 Å². The summed E-state index contributed by atoms with van der Waals surface area (Å²) in [6.45, 7) is 0. The van der Waals surface area contributed by atoms with E-state index in [9.17, 15) is 4.39 Å². The Labute approximate surface area is 110 Å². The number of anilines is 1. The number of benzene rings is 1. The molecule has 1 aromatic carbocycles. The van der Waals surface area contributed by atoms with Crippen LogP contribution in [0.3, 0.4) is 0 Å². The van der Waals surface area contributed by atoms with Crippen molar-refractivity contribution in [1.82, 2.24) is 15.0 Å². The van der Waals surface area contributed by atoms with Crippen LogP contribution in [0.2, 0.25) is 0 Å². The molecule has 0 unspecified atom stereocenters. The number of hydrogen-bond acceptors (Lipinski definition) is 6. The minimum atomic E-state index is -0.442. The first kappa shape index (κ1) is 12.5. The lowest BCUT2D eigenvalue weighted by Gasteiger charge is -2.07. The van der Waals surface area contributed by atoms with E-state index in [2.05, 4.69) is 30.9 Å². The molecule has 18 heavy (non-hydrogen) atoms. The predicted molar refractivity (Wildman–Crippen MR) is 65.0 cm³/mol. The van der Waals surface area contributed by atoms with E-state index < -0.39 is 5.82 Å². The third-order valence-electron chi connectivity index (χ3n) is 1.89. The van der Waals surface area contributed by atoms with Crippen LogP contribution in [0.15, 0.2) is 22.7 Å². The fraction of sp³-hybridized carbons (Fsp3) is 0.100. The third kappa shape index (κ3) is 2.83. The summed E-state index contributed by atoms with van der Waals surface area (Å²) in [4.78, 5) is 11.3. The zero-order valence-corrected chi connectivity index (χ0v) is 10.8. The van der Waals surface area contributed by atoms with Crippen LogP contribution in [-0.2, 0) is 0 Å². The molecular formula is C10H8BrFN4O2. The molecule has 0 saturated heterocycles. The summed E-state index contributed by atoms with van der Waals surface area (Å²) in [6.07, 6.45) is 0. The molecule has 6 nitrogen and oxygen atoms in total. The summed E-state index contributed by atoms with van der Waals surface area (Å²) in [7, 11) is 1.39. The lowest BCUT2D eigenvalue weighted by atomic mass is 10.3. The molecule has 1 aromatic heterocycles. The van der Waals surface area contributed by atoms with Crippen molar-refractivity contribution in [2.24, 2.45) is 0 Å². The topological polar surface area (TPSA) is 83.2 Å².